The number of fused-ring (bicyclic) bond motifs is 2. The van der Waals surface area contributed by atoms with Crippen LogP contribution in [0, 0.1) is 6.92 Å². The first-order valence-corrected chi connectivity index (χ1v) is 10.1. The number of aromatic nitrogens is 1. The van der Waals surface area contributed by atoms with Crippen molar-refractivity contribution in [3.63, 3.8) is 0 Å². The highest BCUT2D eigenvalue weighted by Crippen LogP contribution is 2.71. The number of hydrogen-bond acceptors (Lipinski definition) is 4. The molecule has 2 aliphatic rings. The van der Waals surface area contributed by atoms with Crippen molar-refractivity contribution in [3.05, 3.63) is 71.4 Å². The lowest BCUT2D eigenvalue weighted by atomic mass is 9.76. The number of rotatable bonds is 3. The minimum absolute atomic E-state index is 0.174. The summed E-state index contributed by atoms with van der Waals surface area (Å²) in [4.78, 5) is 16.0. The van der Waals surface area contributed by atoms with Crippen LogP contribution in [0.25, 0.3) is 10.9 Å². The third-order valence-corrected chi connectivity index (χ3v) is 7.01. The lowest BCUT2D eigenvalue weighted by Crippen LogP contribution is -2.44. The molecule has 5 N–H and O–H groups in total. The van der Waals surface area contributed by atoms with E-state index in [0.29, 0.717) is 36.0 Å². The maximum atomic E-state index is 12.9. The van der Waals surface area contributed by atoms with Crippen molar-refractivity contribution in [2.45, 2.75) is 43.2 Å². The van der Waals surface area contributed by atoms with E-state index in [1.54, 1.807) is 12.1 Å². The highest BCUT2D eigenvalue weighted by molar-refractivity contribution is 5.98. The maximum Gasteiger partial charge on any atom is 0.251 e. The molecule has 3 atom stereocenters. The first-order valence-electron chi connectivity index (χ1n) is 10.1. The van der Waals surface area contributed by atoms with Crippen LogP contribution in [-0.4, -0.2) is 37.9 Å². The Morgan fingerprint density at radius 1 is 1.23 bits per heavy atom. The number of amides is 1. The number of aliphatic hydroxyl groups is 1. The van der Waals surface area contributed by atoms with E-state index in [2.05, 4.69) is 16.9 Å². The second kappa shape index (κ2) is 6.12. The van der Waals surface area contributed by atoms with Gasteiger partial charge in [-0.1, -0.05) is 12.6 Å². The van der Waals surface area contributed by atoms with Gasteiger partial charge < -0.3 is 25.6 Å². The lowest BCUT2D eigenvalue weighted by Gasteiger charge is -2.34. The number of aryl methyl sites for hydroxylation is 1. The van der Waals surface area contributed by atoms with E-state index in [1.807, 2.05) is 31.3 Å². The van der Waals surface area contributed by atoms with Crippen molar-refractivity contribution in [2.75, 3.05) is 0 Å². The van der Waals surface area contributed by atoms with Crippen LogP contribution < -0.4 is 5.32 Å². The summed E-state index contributed by atoms with van der Waals surface area (Å²) in [6.07, 6.45) is 3.29. The van der Waals surface area contributed by atoms with Gasteiger partial charge in [0.05, 0.1) is 5.41 Å². The van der Waals surface area contributed by atoms with Crippen molar-refractivity contribution in [3.8, 4) is 11.5 Å². The number of aromatic amines is 1. The van der Waals surface area contributed by atoms with Crippen LogP contribution in [0.15, 0.2) is 54.7 Å². The van der Waals surface area contributed by atoms with E-state index in [-0.39, 0.29) is 23.4 Å². The van der Waals surface area contributed by atoms with Gasteiger partial charge in [-0.2, -0.15) is 0 Å². The largest absolute Gasteiger partial charge is 0.504 e. The molecule has 2 aromatic carbocycles. The van der Waals surface area contributed by atoms with E-state index in [4.69, 9.17) is 0 Å². The third-order valence-electron chi connectivity index (χ3n) is 7.01. The zero-order valence-corrected chi connectivity index (χ0v) is 16.7. The Labute approximate surface area is 173 Å². The van der Waals surface area contributed by atoms with Crippen LogP contribution >= 0.6 is 0 Å². The minimum Gasteiger partial charge on any atom is -0.504 e. The molecule has 6 heteroatoms. The summed E-state index contributed by atoms with van der Waals surface area (Å²) in [6, 6.07) is 10.4. The van der Waals surface area contributed by atoms with Crippen LogP contribution in [0.5, 0.6) is 11.5 Å². The van der Waals surface area contributed by atoms with Crippen LogP contribution in [0.1, 0.15) is 40.7 Å². The number of hydrogen-bond donors (Lipinski definition) is 5. The molecule has 1 aromatic heterocycles. The van der Waals surface area contributed by atoms with Crippen molar-refractivity contribution < 1.29 is 20.1 Å². The van der Waals surface area contributed by atoms with Gasteiger partial charge in [-0.15, -0.1) is 0 Å². The van der Waals surface area contributed by atoms with Crippen LogP contribution in [0.2, 0.25) is 0 Å². The molecule has 3 aromatic rings. The first-order chi connectivity index (χ1) is 14.3. The molecular formula is C24H24N2O4. The normalized spacial score (nSPS) is 27.7. The smallest absolute Gasteiger partial charge is 0.251 e. The molecule has 6 nitrogen and oxygen atoms in total. The zero-order valence-electron chi connectivity index (χ0n) is 16.7. The van der Waals surface area contributed by atoms with Gasteiger partial charge in [-0.3, -0.25) is 4.79 Å². The van der Waals surface area contributed by atoms with Gasteiger partial charge in [0.2, 0.25) is 0 Å². The first kappa shape index (κ1) is 18.8. The number of carbonyl (C=O) groups excluding carboxylic acids is 1. The van der Waals surface area contributed by atoms with Gasteiger partial charge in [-0.25, -0.2) is 0 Å². The van der Waals surface area contributed by atoms with E-state index >= 15 is 0 Å². The molecule has 154 valence electrons. The summed E-state index contributed by atoms with van der Waals surface area (Å²) in [5, 5.41) is 35.9. The topological polar surface area (TPSA) is 106 Å². The molecule has 2 saturated carbocycles. The molecule has 0 aliphatic heterocycles. The van der Waals surface area contributed by atoms with Gasteiger partial charge in [0, 0.05) is 34.3 Å². The number of phenolic OH excluding ortho intramolecular Hbond substituents is 2. The Balaban J connectivity index is 1.45. The van der Waals surface area contributed by atoms with E-state index in [0.717, 1.165) is 16.5 Å². The number of aromatic hydroxyl groups is 2. The molecule has 3 unspecified atom stereocenters. The molecule has 30 heavy (non-hydrogen) atoms. The molecule has 2 fully saturated rings. The van der Waals surface area contributed by atoms with Crippen molar-refractivity contribution >= 4 is 16.8 Å². The van der Waals surface area contributed by atoms with Gasteiger partial charge in [-0.05, 0) is 67.7 Å². The van der Waals surface area contributed by atoms with Crippen molar-refractivity contribution in [2.24, 2.45) is 0 Å². The lowest BCUT2D eigenvalue weighted by molar-refractivity contribution is 0.0737. The highest BCUT2D eigenvalue weighted by atomic mass is 16.3. The summed E-state index contributed by atoms with van der Waals surface area (Å²) in [5.74, 6) is -0.623. The fraction of sp³-hybridized carbons (Fsp3) is 0.292. The van der Waals surface area contributed by atoms with Crippen molar-refractivity contribution in [1.82, 2.24) is 10.3 Å². The van der Waals surface area contributed by atoms with E-state index in [9.17, 15) is 20.1 Å². The SMILES string of the molecule is C=C1C2(O)CCC(NC(=O)c3ccc4[nH]ccc4c3)CC12c1c(C)ccc(O)c1O. The molecule has 0 spiro atoms. The van der Waals surface area contributed by atoms with Crippen LogP contribution in [0.4, 0.5) is 0 Å². The standard InChI is InChI=1S/C24H24N2O4/c1-13-3-6-19(27)21(28)20(13)23-12-17(7-9-24(23,30)14(23)2)26-22(29)16-4-5-18-15(11-16)8-10-25-18/h3-6,8,10-11,17,25,27-28,30H,2,7,9,12H2,1H3,(H,26,29). The second-order valence-electron chi connectivity index (χ2n) is 8.56. The molecule has 2 aliphatic carbocycles. The summed E-state index contributed by atoms with van der Waals surface area (Å²) in [6.45, 7) is 5.92. The summed E-state index contributed by atoms with van der Waals surface area (Å²) < 4.78 is 0. The average Bonchev–Trinajstić information content (AvgIpc) is 3.04. The Bertz CT molecular complexity index is 1210. The molecular weight excluding hydrogens is 380 g/mol. The molecule has 0 radical (unpaired) electrons. The quantitative estimate of drug-likeness (QED) is 0.341. The number of carbonyl (C=O) groups is 1. The van der Waals surface area contributed by atoms with E-state index in [1.165, 1.54) is 6.07 Å². The highest BCUT2D eigenvalue weighted by Gasteiger charge is 2.74. The Morgan fingerprint density at radius 3 is 2.83 bits per heavy atom. The molecule has 1 heterocycles. The Morgan fingerprint density at radius 2 is 2.03 bits per heavy atom. The minimum atomic E-state index is -1.13. The van der Waals surface area contributed by atoms with Gasteiger partial charge in [0.1, 0.15) is 5.60 Å². The van der Waals surface area contributed by atoms with Gasteiger partial charge >= 0.3 is 0 Å². The molecule has 1 amide bonds. The molecule has 0 saturated heterocycles. The predicted molar refractivity (Wildman–Crippen MR) is 114 cm³/mol. The number of H-pyrrole nitrogens is 1. The fourth-order valence-corrected chi connectivity index (χ4v) is 5.35. The summed E-state index contributed by atoms with van der Waals surface area (Å²) >= 11 is 0. The van der Waals surface area contributed by atoms with Gasteiger partial charge in [0.25, 0.3) is 5.91 Å². The number of nitrogens with one attached hydrogen (secondary N) is 2. The van der Waals surface area contributed by atoms with Crippen LogP contribution in [-0.2, 0) is 5.41 Å². The summed E-state index contributed by atoms with van der Waals surface area (Å²) in [7, 11) is 0. The van der Waals surface area contributed by atoms with E-state index < -0.39 is 11.0 Å². The third kappa shape index (κ3) is 2.37. The van der Waals surface area contributed by atoms with Crippen LogP contribution in [0.3, 0.4) is 0 Å². The molecule has 0 bridgehead atoms. The fourth-order valence-electron chi connectivity index (χ4n) is 5.35. The average molecular weight is 404 g/mol. The Kier molecular flexibility index (Phi) is 3.83. The van der Waals surface area contributed by atoms with Crippen molar-refractivity contribution in [1.29, 1.82) is 0 Å². The Hall–Kier alpha value is -3.25. The zero-order chi connectivity index (χ0) is 21.3. The monoisotopic (exact) mass is 404 g/mol. The second-order valence-corrected chi connectivity index (χ2v) is 8.56. The molecule has 5 rings (SSSR count). The maximum absolute atomic E-state index is 12.9. The number of phenols is 2. The summed E-state index contributed by atoms with van der Waals surface area (Å²) in [5.41, 5.74) is 1.44. The van der Waals surface area contributed by atoms with Gasteiger partial charge in [0.15, 0.2) is 11.5 Å². The predicted octanol–water partition coefficient (Wildman–Crippen LogP) is 3.41. The number of benzene rings is 2.